The molecule has 0 aliphatic heterocycles. The summed E-state index contributed by atoms with van der Waals surface area (Å²) in [5, 5.41) is 11.7. The predicted molar refractivity (Wildman–Crippen MR) is 84.3 cm³/mol. The van der Waals surface area contributed by atoms with Crippen LogP contribution in [0.15, 0.2) is 42.7 Å². The predicted octanol–water partition coefficient (Wildman–Crippen LogP) is 2.48. The lowest BCUT2D eigenvalue weighted by atomic mass is 9.76. The third kappa shape index (κ3) is 3.34. The lowest BCUT2D eigenvalue weighted by molar-refractivity contribution is 0.0694. The SMILES string of the molecule is O=C(NC1(c2ncc(C(=O)O)cn2)CCC1)OCc1ccccc1. The van der Waals surface area contributed by atoms with Crippen molar-refractivity contribution < 1.29 is 19.4 Å². The first kappa shape index (κ1) is 15.9. The van der Waals surface area contributed by atoms with E-state index < -0.39 is 17.6 Å². The summed E-state index contributed by atoms with van der Waals surface area (Å²) < 4.78 is 5.24. The van der Waals surface area contributed by atoms with Gasteiger partial charge in [-0.05, 0) is 24.8 Å². The van der Waals surface area contributed by atoms with Gasteiger partial charge in [0, 0.05) is 12.4 Å². The van der Waals surface area contributed by atoms with Gasteiger partial charge in [0.25, 0.3) is 0 Å². The van der Waals surface area contributed by atoms with Crippen molar-refractivity contribution in [2.45, 2.75) is 31.4 Å². The normalized spacial score (nSPS) is 15.2. The van der Waals surface area contributed by atoms with Crippen LogP contribution in [0, 0.1) is 0 Å². The Morgan fingerprint density at radius 2 is 1.83 bits per heavy atom. The van der Waals surface area contributed by atoms with Gasteiger partial charge in [-0.15, -0.1) is 0 Å². The van der Waals surface area contributed by atoms with E-state index in [1.54, 1.807) is 0 Å². The van der Waals surface area contributed by atoms with Crippen LogP contribution in [0.2, 0.25) is 0 Å². The van der Waals surface area contributed by atoms with Gasteiger partial charge >= 0.3 is 12.1 Å². The van der Waals surface area contributed by atoms with Gasteiger partial charge in [-0.1, -0.05) is 30.3 Å². The maximum atomic E-state index is 12.1. The smallest absolute Gasteiger partial charge is 0.408 e. The van der Waals surface area contributed by atoms with Gasteiger partial charge in [-0.2, -0.15) is 0 Å². The van der Waals surface area contributed by atoms with E-state index in [-0.39, 0.29) is 12.2 Å². The van der Waals surface area contributed by atoms with Gasteiger partial charge < -0.3 is 15.2 Å². The van der Waals surface area contributed by atoms with Crippen molar-refractivity contribution in [3.05, 3.63) is 59.7 Å². The molecule has 1 heterocycles. The summed E-state index contributed by atoms with van der Waals surface area (Å²) in [5.74, 6) is -0.671. The topological polar surface area (TPSA) is 101 Å². The van der Waals surface area contributed by atoms with Crippen molar-refractivity contribution in [2.75, 3.05) is 0 Å². The molecule has 1 aromatic heterocycles. The molecule has 0 radical (unpaired) electrons. The van der Waals surface area contributed by atoms with E-state index >= 15 is 0 Å². The minimum absolute atomic E-state index is 0.0138. The lowest BCUT2D eigenvalue weighted by Crippen LogP contribution is -2.52. The molecule has 1 fully saturated rings. The largest absolute Gasteiger partial charge is 0.478 e. The molecule has 0 bridgehead atoms. The van der Waals surface area contributed by atoms with E-state index in [9.17, 15) is 9.59 Å². The number of rotatable bonds is 5. The second kappa shape index (κ2) is 6.66. The zero-order valence-corrected chi connectivity index (χ0v) is 12.9. The molecule has 0 atom stereocenters. The Hall–Kier alpha value is -2.96. The Labute approximate surface area is 138 Å². The number of carbonyl (C=O) groups excluding carboxylic acids is 1. The van der Waals surface area contributed by atoms with E-state index in [2.05, 4.69) is 15.3 Å². The number of nitrogens with one attached hydrogen (secondary N) is 1. The van der Waals surface area contributed by atoms with Gasteiger partial charge in [0.05, 0.1) is 5.56 Å². The number of aromatic carboxylic acids is 1. The van der Waals surface area contributed by atoms with Gasteiger partial charge in [-0.3, -0.25) is 0 Å². The van der Waals surface area contributed by atoms with Crippen LogP contribution in [0.5, 0.6) is 0 Å². The molecule has 2 aromatic rings. The first-order valence-electron chi connectivity index (χ1n) is 7.64. The van der Waals surface area contributed by atoms with Crippen molar-refractivity contribution in [1.82, 2.24) is 15.3 Å². The molecule has 1 aliphatic rings. The Kier molecular flexibility index (Phi) is 4.41. The van der Waals surface area contributed by atoms with Crippen LogP contribution in [0.1, 0.15) is 41.0 Å². The number of alkyl carbamates (subject to hydrolysis) is 1. The molecule has 1 aliphatic carbocycles. The number of benzene rings is 1. The second-order valence-corrected chi connectivity index (χ2v) is 5.72. The molecule has 0 unspecified atom stereocenters. The summed E-state index contributed by atoms with van der Waals surface area (Å²) in [6.45, 7) is 0.182. The number of carboxylic acids is 1. The number of carboxylic acid groups (broad SMARTS) is 1. The number of carbonyl (C=O) groups is 2. The molecule has 24 heavy (non-hydrogen) atoms. The van der Waals surface area contributed by atoms with Crippen molar-refractivity contribution in [2.24, 2.45) is 0 Å². The molecule has 1 amide bonds. The summed E-state index contributed by atoms with van der Waals surface area (Å²) in [5.41, 5.74) is 0.238. The fourth-order valence-corrected chi connectivity index (χ4v) is 2.58. The number of ether oxygens (including phenoxy) is 1. The Balaban J connectivity index is 1.64. The summed E-state index contributed by atoms with van der Waals surface area (Å²) in [6, 6.07) is 9.40. The minimum atomic E-state index is -1.08. The second-order valence-electron chi connectivity index (χ2n) is 5.72. The average Bonchev–Trinajstić information content (AvgIpc) is 2.57. The van der Waals surface area contributed by atoms with Gasteiger partial charge in [-0.25, -0.2) is 19.6 Å². The van der Waals surface area contributed by atoms with E-state index in [4.69, 9.17) is 9.84 Å². The van der Waals surface area contributed by atoms with Crippen LogP contribution >= 0.6 is 0 Å². The molecule has 1 saturated carbocycles. The van der Waals surface area contributed by atoms with Crippen molar-refractivity contribution in [3.63, 3.8) is 0 Å². The third-order valence-corrected chi connectivity index (χ3v) is 4.09. The Morgan fingerprint density at radius 3 is 2.38 bits per heavy atom. The molecule has 3 rings (SSSR count). The van der Waals surface area contributed by atoms with Crippen LogP contribution in [0.25, 0.3) is 0 Å². The fourth-order valence-electron chi connectivity index (χ4n) is 2.58. The summed E-state index contributed by atoms with van der Waals surface area (Å²) in [6.07, 6.45) is 4.29. The Morgan fingerprint density at radius 1 is 1.17 bits per heavy atom. The number of amides is 1. The Bertz CT molecular complexity index is 727. The van der Waals surface area contributed by atoms with Crippen molar-refractivity contribution in [3.8, 4) is 0 Å². The van der Waals surface area contributed by atoms with E-state index in [1.165, 1.54) is 12.4 Å². The third-order valence-electron chi connectivity index (χ3n) is 4.09. The fraction of sp³-hybridized carbons (Fsp3) is 0.294. The quantitative estimate of drug-likeness (QED) is 0.875. The monoisotopic (exact) mass is 327 g/mol. The van der Waals surface area contributed by atoms with Gasteiger partial charge in [0.2, 0.25) is 0 Å². The van der Waals surface area contributed by atoms with Crippen LogP contribution in [0.3, 0.4) is 0 Å². The highest BCUT2D eigenvalue weighted by molar-refractivity contribution is 5.86. The average molecular weight is 327 g/mol. The van der Waals surface area contributed by atoms with Crippen molar-refractivity contribution >= 4 is 12.1 Å². The molecule has 7 nitrogen and oxygen atoms in total. The summed E-state index contributed by atoms with van der Waals surface area (Å²) >= 11 is 0. The molecule has 124 valence electrons. The summed E-state index contributed by atoms with van der Waals surface area (Å²) in [7, 11) is 0. The molecule has 0 saturated heterocycles. The van der Waals surface area contributed by atoms with Crippen LogP contribution in [-0.2, 0) is 16.9 Å². The molecular weight excluding hydrogens is 310 g/mol. The van der Waals surface area contributed by atoms with E-state index in [1.807, 2.05) is 30.3 Å². The van der Waals surface area contributed by atoms with E-state index in [0.29, 0.717) is 18.7 Å². The number of hydrogen-bond donors (Lipinski definition) is 2. The zero-order valence-electron chi connectivity index (χ0n) is 12.9. The molecule has 1 aromatic carbocycles. The standard InChI is InChI=1S/C17H17N3O4/c21-14(22)13-9-18-15(19-10-13)17(7-4-8-17)20-16(23)24-11-12-5-2-1-3-6-12/h1-3,5-6,9-10H,4,7-8,11H2,(H,20,23)(H,21,22). The van der Waals surface area contributed by atoms with Gasteiger partial charge in [0.15, 0.2) is 5.82 Å². The van der Waals surface area contributed by atoms with Crippen LogP contribution in [0.4, 0.5) is 4.79 Å². The molecule has 2 N–H and O–H groups in total. The maximum absolute atomic E-state index is 12.1. The van der Waals surface area contributed by atoms with Gasteiger partial charge in [0.1, 0.15) is 12.1 Å². The molecule has 7 heteroatoms. The number of aromatic nitrogens is 2. The maximum Gasteiger partial charge on any atom is 0.408 e. The lowest BCUT2D eigenvalue weighted by Gasteiger charge is -2.40. The molecular formula is C17H17N3O4. The highest BCUT2D eigenvalue weighted by Crippen LogP contribution is 2.39. The number of nitrogens with zero attached hydrogens (tertiary/aromatic N) is 2. The molecule has 0 spiro atoms. The van der Waals surface area contributed by atoms with Crippen molar-refractivity contribution in [1.29, 1.82) is 0 Å². The first-order chi connectivity index (χ1) is 11.6. The van der Waals surface area contributed by atoms with Crippen LogP contribution < -0.4 is 5.32 Å². The first-order valence-corrected chi connectivity index (χ1v) is 7.64. The van der Waals surface area contributed by atoms with E-state index in [0.717, 1.165) is 12.0 Å². The zero-order chi connectivity index (χ0) is 17.0. The van der Waals surface area contributed by atoms with Crippen LogP contribution in [-0.4, -0.2) is 27.1 Å². The number of hydrogen-bond acceptors (Lipinski definition) is 5. The minimum Gasteiger partial charge on any atom is -0.478 e. The highest BCUT2D eigenvalue weighted by Gasteiger charge is 2.43. The summed E-state index contributed by atoms with van der Waals surface area (Å²) in [4.78, 5) is 31.2. The highest BCUT2D eigenvalue weighted by atomic mass is 16.5.